The third kappa shape index (κ3) is 2.18. The Bertz CT molecular complexity index is 611. The van der Waals surface area contributed by atoms with Crippen LogP contribution in [-0.4, -0.2) is 41.8 Å². The highest BCUT2D eigenvalue weighted by Gasteiger charge is 2.63. The molecular formula is C19H25FN2O. The normalized spacial score (nSPS) is 41.5. The number of piperidine rings is 2. The van der Waals surface area contributed by atoms with Crippen LogP contribution in [0.3, 0.4) is 0 Å². The second-order valence-corrected chi connectivity index (χ2v) is 8.01. The van der Waals surface area contributed by atoms with Gasteiger partial charge in [-0.1, -0.05) is 38.8 Å². The molecule has 2 unspecified atom stereocenters. The van der Waals surface area contributed by atoms with Crippen molar-refractivity contribution < 1.29 is 9.18 Å². The lowest BCUT2D eigenvalue weighted by molar-refractivity contribution is -0.201. The van der Waals surface area contributed by atoms with Gasteiger partial charge in [0.05, 0.1) is 17.0 Å². The first-order chi connectivity index (χ1) is 11.0. The van der Waals surface area contributed by atoms with Gasteiger partial charge in [-0.3, -0.25) is 14.6 Å². The number of unbranched alkanes of at least 4 members (excludes halogenated alkanes) is 1. The number of halogens is 1. The molecule has 0 aliphatic carbocycles. The van der Waals surface area contributed by atoms with Crippen molar-refractivity contribution in [2.45, 2.75) is 39.3 Å². The summed E-state index contributed by atoms with van der Waals surface area (Å²) in [5, 5.41) is 0. The second-order valence-electron chi connectivity index (χ2n) is 8.01. The summed E-state index contributed by atoms with van der Waals surface area (Å²) < 4.78 is 13.3. The Labute approximate surface area is 137 Å². The predicted molar refractivity (Wildman–Crippen MR) is 87.4 cm³/mol. The zero-order valence-electron chi connectivity index (χ0n) is 14.0. The van der Waals surface area contributed by atoms with Crippen LogP contribution >= 0.6 is 0 Å². The van der Waals surface area contributed by atoms with Crippen molar-refractivity contribution in [3.8, 4) is 0 Å². The van der Waals surface area contributed by atoms with E-state index in [9.17, 15) is 9.18 Å². The maximum absolute atomic E-state index is 13.3. The van der Waals surface area contributed by atoms with Crippen LogP contribution in [0.4, 0.5) is 4.39 Å². The molecule has 0 spiro atoms. The molecule has 0 amide bonds. The van der Waals surface area contributed by atoms with Crippen LogP contribution in [0.1, 0.15) is 44.8 Å². The molecule has 23 heavy (non-hydrogen) atoms. The molecule has 2 atom stereocenters. The van der Waals surface area contributed by atoms with Crippen molar-refractivity contribution in [2.24, 2.45) is 10.8 Å². The van der Waals surface area contributed by atoms with Gasteiger partial charge in [0.2, 0.25) is 0 Å². The van der Waals surface area contributed by atoms with Crippen LogP contribution in [0.25, 0.3) is 0 Å². The van der Waals surface area contributed by atoms with E-state index >= 15 is 0 Å². The minimum absolute atomic E-state index is 0.183. The third-order valence-corrected chi connectivity index (χ3v) is 6.01. The lowest BCUT2D eigenvalue weighted by atomic mass is 9.59. The van der Waals surface area contributed by atoms with Gasteiger partial charge in [-0.2, -0.15) is 0 Å². The molecule has 4 heteroatoms. The zero-order chi connectivity index (χ0) is 16.2. The number of benzene rings is 1. The van der Waals surface area contributed by atoms with Crippen molar-refractivity contribution in [3.05, 3.63) is 35.6 Å². The van der Waals surface area contributed by atoms with Crippen LogP contribution < -0.4 is 0 Å². The molecule has 0 radical (unpaired) electrons. The monoisotopic (exact) mass is 316 g/mol. The quantitative estimate of drug-likeness (QED) is 0.852. The highest BCUT2D eigenvalue weighted by molar-refractivity contribution is 5.93. The number of nitrogens with zero attached hydrogens (tertiary/aromatic N) is 2. The molecule has 0 saturated carbocycles. The molecule has 4 saturated heterocycles. The Morgan fingerprint density at radius 3 is 2.30 bits per heavy atom. The second kappa shape index (κ2) is 5.12. The predicted octanol–water partition coefficient (Wildman–Crippen LogP) is 3.22. The van der Waals surface area contributed by atoms with Crippen LogP contribution in [-0.2, 0) is 4.79 Å². The number of ketones is 1. The highest BCUT2D eigenvalue weighted by atomic mass is 19.1. The zero-order valence-corrected chi connectivity index (χ0v) is 14.0. The first kappa shape index (κ1) is 15.3. The summed E-state index contributed by atoms with van der Waals surface area (Å²) in [6.07, 6.45) is 3.45. The summed E-state index contributed by atoms with van der Waals surface area (Å²) in [6.45, 7) is 7.71. The average molecular weight is 316 g/mol. The summed E-state index contributed by atoms with van der Waals surface area (Å²) in [5.41, 5.74) is 0.727. The standard InChI is InChI=1S/C19H25FN2O/c1-3-4-9-19-12-21-10-18(2,17(19)23)11-22(13-19)16(21)14-5-7-15(20)8-6-14/h5-8,16H,3-4,9-13H2,1-2H3. The van der Waals surface area contributed by atoms with E-state index in [4.69, 9.17) is 0 Å². The van der Waals surface area contributed by atoms with Gasteiger partial charge < -0.3 is 0 Å². The minimum Gasteiger partial charge on any atom is -0.298 e. The fourth-order valence-electron chi connectivity index (χ4n) is 5.23. The van der Waals surface area contributed by atoms with Crippen molar-refractivity contribution in [1.82, 2.24) is 9.80 Å². The van der Waals surface area contributed by atoms with E-state index in [2.05, 4.69) is 23.6 Å². The first-order valence-electron chi connectivity index (χ1n) is 8.76. The molecule has 4 heterocycles. The number of hydrogen-bond acceptors (Lipinski definition) is 3. The fraction of sp³-hybridized carbons (Fsp3) is 0.632. The van der Waals surface area contributed by atoms with Crippen molar-refractivity contribution in [2.75, 3.05) is 26.2 Å². The Kier molecular flexibility index (Phi) is 3.40. The van der Waals surface area contributed by atoms with E-state index in [1.54, 1.807) is 12.1 Å². The molecule has 4 bridgehead atoms. The Morgan fingerprint density at radius 1 is 1.13 bits per heavy atom. The topological polar surface area (TPSA) is 23.6 Å². The number of rotatable bonds is 4. The molecular weight excluding hydrogens is 291 g/mol. The van der Waals surface area contributed by atoms with Gasteiger partial charge >= 0.3 is 0 Å². The molecule has 0 aromatic heterocycles. The molecule has 4 fully saturated rings. The lowest BCUT2D eigenvalue weighted by Crippen LogP contribution is -2.76. The third-order valence-electron chi connectivity index (χ3n) is 6.01. The number of hydrogen-bond donors (Lipinski definition) is 0. The lowest BCUT2D eigenvalue weighted by Gasteiger charge is -2.65. The average Bonchev–Trinajstić information content (AvgIpc) is 2.51. The number of carbonyl (C=O) groups excluding carboxylic acids is 1. The van der Waals surface area contributed by atoms with Crippen molar-refractivity contribution in [3.63, 3.8) is 0 Å². The molecule has 4 aliphatic heterocycles. The molecule has 5 rings (SSSR count). The Morgan fingerprint density at radius 2 is 1.74 bits per heavy atom. The molecule has 124 valence electrons. The Hall–Kier alpha value is -1.26. The van der Waals surface area contributed by atoms with E-state index in [0.717, 1.165) is 51.0 Å². The highest BCUT2D eigenvalue weighted by Crippen LogP contribution is 2.53. The molecule has 1 aromatic rings. The van der Waals surface area contributed by atoms with E-state index in [0.29, 0.717) is 5.78 Å². The maximum atomic E-state index is 13.3. The van der Waals surface area contributed by atoms with Crippen LogP contribution in [0, 0.1) is 16.6 Å². The van der Waals surface area contributed by atoms with Gasteiger partial charge in [0.25, 0.3) is 0 Å². The largest absolute Gasteiger partial charge is 0.298 e. The van der Waals surface area contributed by atoms with E-state index in [1.807, 2.05) is 12.1 Å². The smallest absolute Gasteiger partial charge is 0.150 e. The minimum atomic E-state index is -0.235. The van der Waals surface area contributed by atoms with E-state index < -0.39 is 0 Å². The summed E-state index contributed by atoms with van der Waals surface area (Å²) in [4.78, 5) is 18.0. The van der Waals surface area contributed by atoms with Gasteiger partial charge in [0, 0.05) is 26.2 Å². The van der Waals surface area contributed by atoms with Gasteiger partial charge in [0.1, 0.15) is 11.6 Å². The van der Waals surface area contributed by atoms with Gasteiger partial charge in [-0.15, -0.1) is 0 Å². The first-order valence-corrected chi connectivity index (χ1v) is 8.76. The van der Waals surface area contributed by atoms with Crippen LogP contribution in [0.5, 0.6) is 0 Å². The van der Waals surface area contributed by atoms with E-state index in [1.165, 1.54) is 0 Å². The van der Waals surface area contributed by atoms with Crippen molar-refractivity contribution in [1.29, 1.82) is 0 Å². The molecule has 4 aliphatic rings. The maximum Gasteiger partial charge on any atom is 0.150 e. The van der Waals surface area contributed by atoms with Crippen molar-refractivity contribution >= 4 is 5.78 Å². The van der Waals surface area contributed by atoms with Gasteiger partial charge in [-0.25, -0.2) is 4.39 Å². The molecule has 1 aromatic carbocycles. The van der Waals surface area contributed by atoms with Gasteiger partial charge in [0.15, 0.2) is 0 Å². The molecule has 0 N–H and O–H groups in total. The summed E-state index contributed by atoms with van der Waals surface area (Å²) in [5.74, 6) is 0.299. The fourth-order valence-corrected chi connectivity index (χ4v) is 5.23. The summed E-state index contributed by atoms with van der Waals surface area (Å²) in [7, 11) is 0. The van der Waals surface area contributed by atoms with Gasteiger partial charge in [-0.05, 0) is 24.1 Å². The molecule has 3 nitrogen and oxygen atoms in total. The SMILES string of the molecule is CCCCC12CN3CC(C)(CN(C1)C3c1ccc(F)cc1)C2=O. The number of carbonyl (C=O) groups is 1. The summed E-state index contributed by atoms with van der Waals surface area (Å²) >= 11 is 0. The summed E-state index contributed by atoms with van der Waals surface area (Å²) in [6, 6.07) is 6.88. The van der Waals surface area contributed by atoms with E-state index in [-0.39, 0.29) is 22.8 Å². The number of Topliss-reactive ketones (excluding diaryl/α,β-unsaturated/α-hetero) is 1. The van der Waals surface area contributed by atoms with Crippen LogP contribution in [0.2, 0.25) is 0 Å². The Balaban J connectivity index is 1.68. The van der Waals surface area contributed by atoms with Crippen LogP contribution in [0.15, 0.2) is 24.3 Å².